The van der Waals surface area contributed by atoms with Gasteiger partial charge in [-0.2, -0.15) is 13.2 Å². The van der Waals surface area contributed by atoms with Crippen molar-refractivity contribution >= 4 is 33.2 Å². The molecule has 0 radical (unpaired) electrons. The third-order valence-electron chi connectivity index (χ3n) is 4.65. The molecule has 1 saturated heterocycles. The quantitative estimate of drug-likeness (QED) is 0.669. The highest BCUT2D eigenvalue weighted by molar-refractivity contribution is 7.20. The summed E-state index contributed by atoms with van der Waals surface area (Å²) in [6.45, 7) is 2.96. The van der Waals surface area contributed by atoms with Crippen molar-refractivity contribution in [2.24, 2.45) is 0 Å². The topological polar surface area (TPSA) is 101 Å². The van der Waals surface area contributed by atoms with Crippen LogP contribution < -0.4 is 16.0 Å². The summed E-state index contributed by atoms with van der Waals surface area (Å²) in [5.74, 6) is -0.632. The van der Waals surface area contributed by atoms with Gasteiger partial charge >= 0.3 is 6.18 Å². The Morgan fingerprint density at radius 2 is 2.21 bits per heavy atom. The number of nitrogens with zero attached hydrogens (tertiary/aromatic N) is 5. The average molecular weight is 425 g/mol. The fourth-order valence-corrected chi connectivity index (χ4v) is 4.27. The SMILES string of the molecule is CC(=O)NC1CCCN(c2nn3cc(-c4cnc(N)c(C(F)(F)F)c4)nc3s2)C1. The second kappa shape index (κ2) is 7.17. The highest BCUT2D eigenvalue weighted by Crippen LogP contribution is 2.35. The molecule has 0 spiro atoms. The van der Waals surface area contributed by atoms with Crippen molar-refractivity contribution in [3.8, 4) is 11.3 Å². The van der Waals surface area contributed by atoms with Crippen LogP contribution in [0.3, 0.4) is 0 Å². The summed E-state index contributed by atoms with van der Waals surface area (Å²) in [6.07, 6.45) is 0.0801. The molecule has 1 amide bonds. The summed E-state index contributed by atoms with van der Waals surface area (Å²) >= 11 is 1.34. The van der Waals surface area contributed by atoms with Crippen LogP contribution in [0, 0.1) is 0 Å². The maximum absolute atomic E-state index is 13.1. The van der Waals surface area contributed by atoms with Gasteiger partial charge in [0.15, 0.2) is 0 Å². The monoisotopic (exact) mass is 425 g/mol. The Balaban J connectivity index is 1.58. The second-order valence-electron chi connectivity index (χ2n) is 6.88. The molecule has 154 valence electrons. The summed E-state index contributed by atoms with van der Waals surface area (Å²) in [4.78, 5) is 22.0. The number of nitrogens with one attached hydrogen (secondary N) is 1. The van der Waals surface area contributed by atoms with Gasteiger partial charge in [0.25, 0.3) is 0 Å². The van der Waals surface area contributed by atoms with Crippen LogP contribution >= 0.6 is 11.3 Å². The van der Waals surface area contributed by atoms with Crippen molar-refractivity contribution in [3.63, 3.8) is 0 Å². The number of imidazole rings is 1. The molecular formula is C17H18F3N7OS. The first-order valence-corrected chi connectivity index (χ1v) is 9.73. The van der Waals surface area contributed by atoms with E-state index in [2.05, 4.69) is 25.3 Å². The molecule has 4 rings (SSSR count). The van der Waals surface area contributed by atoms with Crippen LogP contribution in [0.15, 0.2) is 18.5 Å². The van der Waals surface area contributed by atoms with E-state index in [4.69, 9.17) is 5.73 Å². The highest BCUT2D eigenvalue weighted by atomic mass is 32.1. The minimum Gasteiger partial charge on any atom is -0.383 e. The van der Waals surface area contributed by atoms with Crippen molar-refractivity contribution in [2.75, 3.05) is 23.7 Å². The zero-order valence-corrected chi connectivity index (χ0v) is 16.2. The Hall–Kier alpha value is -2.89. The maximum Gasteiger partial charge on any atom is 0.419 e. The molecule has 3 N–H and O–H groups in total. The minimum atomic E-state index is -4.59. The number of alkyl halides is 3. The van der Waals surface area contributed by atoms with Crippen molar-refractivity contribution in [3.05, 3.63) is 24.0 Å². The number of hydrogen-bond donors (Lipinski definition) is 2. The van der Waals surface area contributed by atoms with Crippen LogP contribution in [0.25, 0.3) is 16.2 Å². The molecule has 4 heterocycles. The zero-order valence-electron chi connectivity index (χ0n) is 15.4. The van der Waals surface area contributed by atoms with Crippen molar-refractivity contribution in [2.45, 2.75) is 32.0 Å². The smallest absolute Gasteiger partial charge is 0.383 e. The number of piperidine rings is 1. The number of nitrogen functional groups attached to an aromatic ring is 1. The lowest BCUT2D eigenvalue weighted by molar-refractivity contribution is -0.137. The average Bonchev–Trinajstić information content (AvgIpc) is 3.20. The van der Waals surface area contributed by atoms with Crippen LogP contribution in [0.1, 0.15) is 25.3 Å². The van der Waals surface area contributed by atoms with Gasteiger partial charge in [0, 0.05) is 37.8 Å². The lowest BCUT2D eigenvalue weighted by Gasteiger charge is -2.32. The molecule has 8 nitrogen and oxygen atoms in total. The Bertz CT molecular complexity index is 1030. The van der Waals surface area contributed by atoms with E-state index in [0.717, 1.165) is 30.6 Å². The van der Waals surface area contributed by atoms with Crippen LogP contribution in [0.2, 0.25) is 0 Å². The van der Waals surface area contributed by atoms with Crippen molar-refractivity contribution in [1.29, 1.82) is 0 Å². The Morgan fingerprint density at radius 3 is 2.90 bits per heavy atom. The molecule has 0 aromatic carbocycles. The normalized spacial score (nSPS) is 17.7. The third kappa shape index (κ3) is 3.97. The molecule has 0 saturated carbocycles. The van der Waals surface area contributed by atoms with E-state index in [1.807, 2.05) is 0 Å². The number of halogens is 3. The predicted octanol–water partition coefficient (Wildman–Crippen LogP) is 2.56. The van der Waals surface area contributed by atoms with E-state index in [0.29, 0.717) is 17.2 Å². The highest BCUT2D eigenvalue weighted by Gasteiger charge is 2.34. The molecule has 1 fully saturated rings. The van der Waals surface area contributed by atoms with Crippen LogP contribution in [0.4, 0.5) is 24.1 Å². The number of nitrogens with two attached hydrogens (primary N) is 1. The number of anilines is 2. The molecule has 12 heteroatoms. The molecule has 3 aromatic heterocycles. The Morgan fingerprint density at radius 1 is 1.41 bits per heavy atom. The molecule has 1 aliphatic heterocycles. The van der Waals surface area contributed by atoms with Crippen molar-refractivity contribution < 1.29 is 18.0 Å². The lowest BCUT2D eigenvalue weighted by atomic mass is 10.1. The first-order valence-electron chi connectivity index (χ1n) is 8.92. The van der Waals surface area contributed by atoms with E-state index >= 15 is 0 Å². The number of fused-ring (bicyclic) bond motifs is 1. The summed E-state index contributed by atoms with van der Waals surface area (Å²) in [6, 6.07) is 1.01. The van der Waals surface area contributed by atoms with Gasteiger partial charge in [-0.25, -0.2) is 14.5 Å². The minimum absolute atomic E-state index is 0.0641. The van der Waals surface area contributed by atoms with E-state index in [-0.39, 0.29) is 17.5 Å². The molecule has 3 aromatic rings. The van der Waals surface area contributed by atoms with E-state index in [1.54, 1.807) is 10.7 Å². The van der Waals surface area contributed by atoms with E-state index < -0.39 is 17.6 Å². The molecular weight excluding hydrogens is 407 g/mol. The number of carbonyl (C=O) groups excluding carboxylic acids is 1. The molecule has 29 heavy (non-hydrogen) atoms. The third-order valence-corrected chi connectivity index (χ3v) is 5.63. The second-order valence-corrected chi connectivity index (χ2v) is 7.81. The number of amides is 1. The standard InChI is InChI=1S/C17H18F3N7OS/c1-9(28)23-11-3-2-4-26(7-11)16-25-27-8-13(24-15(27)29-16)10-5-12(17(18,19)20)14(21)22-6-10/h5-6,8,11H,2-4,7H2,1H3,(H2,21,22)(H,23,28). The Labute approximate surface area is 167 Å². The Kier molecular flexibility index (Phi) is 4.81. The van der Waals surface area contributed by atoms with Gasteiger partial charge in [-0.1, -0.05) is 11.3 Å². The van der Waals surface area contributed by atoms with Gasteiger partial charge in [0.05, 0.1) is 17.5 Å². The largest absolute Gasteiger partial charge is 0.419 e. The summed E-state index contributed by atoms with van der Waals surface area (Å²) < 4.78 is 40.8. The zero-order chi connectivity index (χ0) is 20.8. The van der Waals surface area contributed by atoms with E-state index in [1.165, 1.54) is 24.5 Å². The lowest BCUT2D eigenvalue weighted by Crippen LogP contribution is -2.47. The fourth-order valence-electron chi connectivity index (χ4n) is 3.36. The number of aromatic nitrogens is 4. The maximum atomic E-state index is 13.1. The predicted molar refractivity (Wildman–Crippen MR) is 103 cm³/mol. The number of hydrogen-bond acceptors (Lipinski definition) is 7. The van der Waals surface area contributed by atoms with Gasteiger partial charge in [0.1, 0.15) is 5.82 Å². The number of carbonyl (C=O) groups is 1. The van der Waals surface area contributed by atoms with Gasteiger partial charge in [0.2, 0.25) is 16.0 Å². The molecule has 1 atom stereocenters. The van der Waals surface area contributed by atoms with Gasteiger partial charge < -0.3 is 16.0 Å². The number of rotatable bonds is 3. The summed E-state index contributed by atoms with van der Waals surface area (Å²) in [7, 11) is 0. The van der Waals surface area contributed by atoms with Crippen LogP contribution in [-0.2, 0) is 11.0 Å². The molecule has 0 bridgehead atoms. The molecule has 1 aliphatic rings. The van der Waals surface area contributed by atoms with Gasteiger partial charge in [-0.05, 0) is 18.9 Å². The van der Waals surface area contributed by atoms with Crippen molar-refractivity contribution in [1.82, 2.24) is 24.9 Å². The first kappa shape index (κ1) is 19.4. The van der Waals surface area contributed by atoms with Gasteiger partial charge in [-0.15, -0.1) is 5.10 Å². The fraction of sp³-hybridized carbons (Fsp3) is 0.412. The first-order chi connectivity index (χ1) is 13.7. The molecule has 0 aliphatic carbocycles. The molecule has 1 unspecified atom stereocenters. The van der Waals surface area contributed by atoms with Crippen LogP contribution in [0.5, 0.6) is 0 Å². The summed E-state index contributed by atoms with van der Waals surface area (Å²) in [5, 5.41) is 8.18. The summed E-state index contributed by atoms with van der Waals surface area (Å²) in [5.41, 5.74) is 4.92. The van der Waals surface area contributed by atoms with Gasteiger partial charge in [-0.3, -0.25) is 4.79 Å². The van der Waals surface area contributed by atoms with Crippen LogP contribution in [-0.4, -0.2) is 44.6 Å². The van der Waals surface area contributed by atoms with E-state index in [9.17, 15) is 18.0 Å². The number of pyridine rings is 1.